The highest BCUT2D eigenvalue weighted by Gasteiger charge is 2.30. The Balaban J connectivity index is 1.59. The normalized spacial score (nSPS) is 17.7. The number of likely N-dealkylation sites (tertiary alicyclic amines) is 1. The van der Waals surface area contributed by atoms with Crippen LogP contribution in [0.4, 0.5) is 0 Å². The van der Waals surface area contributed by atoms with Crippen molar-refractivity contribution >= 4 is 0 Å². The first-order valence-electron chi connectivity index (χ1n) is 8.64. The summed E-state index contributed by atoms with van der Waals surface area (Å²) in [4.78, 5) is 21.1. The lowest BCUT2D eigenvalue weighted by Crippen LogP contribution is -2.24. The third-order valence-electron chi connectivity index (χ3n) is 4.78. The maximum atomic E-state index is 11.4. The van der Waals surface area contributed by atoms with Gasteiger partial charge in [0.1, 0.15) is 17.3 Å². The van der Waals surface area contributed by atoms with Crippen LogP contribution in [0.2, 0.25) is 0 Å². The zero-order valence-corrected chi connectivity index (χ0v) is 14.8. The number of benzene rings is 1. The quantitative estimate of drug-likeness (QED) is 0.729. The highest BCUT2D eigenvalue weighted by Crippen LogP contribution is 2.33. The summed E-state index contributed by atoms with van der Waals surface area (Å²) in [6, 6.07) is 7.75. The van der Waals surface area contributed by atoms with Crippen LogP contribution in [-0.2, 0) is 6.54 Å². The Morgan fingerprint density at radius 1 is 1.38 bits per heavy atom. The molecule has 8 heteroatoms. The fourth-order valence-electron chi connectivity index (χ4n) is 3.47. The van der Waals surface area contributed by atoms with Crippen LogP contribution in [0.3, 0.4) is 0 Å². The van der Waals surface area contributed by atoms with Crippen molar-refractivity contribution in [1.82, 2.24) is 25.1 Å². The van der Waals surface area contributed by atoms with Gasteiger partial charge >= 0.3 is 5.69 Å². The smallest absolute Gasteiger partial charge is 0.340 e. The second kappa shape index (κ2) is 6.80. The summed E-state index contributed by atoms with van der Waals surface area (Å²) in [7, 11) is 1.63. The van der Waals surface area contributed by atoms with E-state index >= 15 is 0 Å². The minimum Gasteiger partial charge on any atom is -0.496 e. The van der Waals surface area contributed by atoms with E-state index in [0.29, 0.717) is 18.3 Å². The van der Waals surface area contributed by atoms with Gasteiger partial charge in [-0.15, -0.1) is 0 Å². The van der Waals surface area contributed by atoms with E-state index < -0.39 is 0 Å². The fourth-order valence-corrected chi connectivity index (χ4v) is 3.47. The molecule has 4 rings (SSSR count). The van der Waals surface area contributed by atoms with Crippen molar-refractivity contribution in [2.24, 2.45) is 0 Å². The van der Waals surface area contributed by atoms with Gasteiger partial charge < -0.3 is 9.15 Å². The first kappa shape index (κ1) is 16.6. The first-order chi connectivity index (χ1) is 12.7. The number of para-hydroxylation sites is 1. The van der Waals surface area contributed by atoms with Crippen molar-refractivity contribution in [3.05, 3.63) is 52.0 Å². The van der Waals surface area contributed by atoms with E-state index in [0.717, 1.165) is 42.2 Å². The lowest BCUT2D eigenvalue weighted by molar-refractivity contribution is 0.236. The van der Waals surface area contributed by atoms with Crippen molar-refractivity contribution in [3.63, 3.8) is 0 Å². The number of methoxy groups -OCH3 is 1. The van der Waals surface area contributed by atoms with Crippen molar-refractivity contribution < 1.29 is 9.15 Å². The zero-order valence-electron chi connectivity index (χ0n) is 14.8. The molecule has 0 aliphatic carbocycles. The number of H-pyrrole nitrogens is 2. The molecular formula is C18H21N5O3. The molecule has 0 radical (unpaired) electrons. The predicted octanol–water partition coefficient (Wildman–Crippen LogP) is 2.41. The van der Waals surface area contributed by atoms with Crippen molar-refractivity contribution in [1.29, 1.82) is 0 Å². The highest BCUT2D eigenvalue weighted by molar-refractivity contribution is 5.62. The van der Waals surface area contributed by atoms with Gasteiger partial charge in [-0.2, -0.15) is 5.10 Å². The maximum Gasteiger partial charge on any atom is 0.340 e. The molecule has 3 aromatic rings. The van der Waals surface area contributed by atoms with Crippen LogP contribution in [0.5, 0.6) is 5.75 Å². The Morgan fingerprint density at radius 3 is 3.00 bits per heavy atom. The standard InChI is InChI=1S/C18H21N5O3/c1-11-13(19-17(26-11)12-6-3-4-8-15(12)25-2)10-23-9-5-7-14(23)16-20-18(24)22-21-16/h3-4,6,8,14H,5,7,9-10H2,1-2H3,(H2,20,21,22,24). The number of aromatic amines is 2. The second-order valence-electron chi connectivity index (χ2n) is 6.41. The minimum absolute atomic E-state index is 0.0831. The molecule has 1 unspecified atom stereocenters. The van der Waals surface area contributed by atoms with Gasteiger partial charge in [-0.25, -0.2) is 14.9 Å². The molecule has 1 aliphatic rings. The average Bonchev–Trinajstić information content (AvgIpc) is 3.36. The first-order valence-corrected chi connectivity index (χ1v) is 8.64. The van der Waals surface area contributed by atoms with Gasteiger partial charge in [0.2, 0.25) is 5.89 Å². The van der Waals surface area contributed by atoms with Crippen LogP contribution < -0.4 is 10.4 Å². The molecule has 136 valence electrons. The molecule has 1 fully saturated rings. The monoisotopic (exact) mass is 355 g/mol. The number of ether oxygens (including phenoxy) is 1. The highest BCUT2D eigenvalue weighted by atomic mass is 16.5. The van der Waals surface area contributed by atoms with E-state index in [-0.39, 0.29) is 11.7 Å². The Morgan fingerprint density at radius 2 is 2.23 bits per heavy atom. The summed E-state index contributed by atoms with van der Waals surface area (Å²) >= 11 is 0. The Hall–Kier alpha value is -2.87. The molecule has 1 atom stereocenters. The number of hydrogen-bond donors (Lipinski definition) is 2. The summed E-state index contributed by atoms with van der Waals surface area (Å²) in [5, 5.41) is 6.54. The van der Waals surface area contributed by atoms with Crippen LogP contribution in [-0.4, -0.2) is 38.7 Å². The summed E-state index contributed by atoms with van der Waals surface area (Å²) in [6.07, 6.45) is 2.01. The molecule has 0 saturated carbocycles. The summed E-state index contributed by atoms with van der Waals surface area (Å²) in [5.41, 5.74) is 1.44. The summed E-state index contributed by atoms with van der Waals surface area (Å²) in [6.45, 7) is 3.49. The molecule has 0 bridgehead atoms. The zero-order chi connectivity index (χ0) is 18.1. The lowest BCUT2D eigenvalue weighted by Gasteiger charge is -2.21. The summed E-state index contributed by atoms with van der Waals surface area (Å²) < 4.78 is 11.3. The second-order valence-corrected chi connectivity index (χ2v) is 6.41. The van der Waals surface area contributed by atoms with Crippen LogP contribution >= 0.6 is 0 Å². The Bertz CT molecular complexity index is 958. The Labute approximate surface area is 150 Å². The molecule has 1 aromatic carbocycles. The van der Waals surface area contributed by atoms with Gasteiger partial charge in [-0.1, -0.05) is 12.1 Å². The molecule has 3 heterocycles. The number of hydrogen-bond acceptors (Lipinski definition) is 6. The molecule has 2 N–H and O–H groups in total. The van der Waals surface area contributed by atoms with Crippen LogP contribution in [0.1, 0.15) is 36.2 Å². The molecule has 8 nitrogen and oxygen atoms in total. The molecule has 26 heavy (non-hydrogen) atoms. The van der Waals surface area contributed by atoms with Crippen LogP contribution in [0.25, 0.3) is 11.5 Å². The molecule has 0 amide bonds. The number of nitrogens with one attached hydrogen (secondary N) is 2. The van der Waals surface area contributed by atoms with Crippen molar-refractivity contribution in [2.45, 2.75) is 32.4 Å². The molecule has 0 spiro atoms. The Kier molecular flexibility index (Phi) is 4.34. The van der Waals surface area contributed by atoms with Crippen molar-refractivity contribution in [3.8, 4) is 17.2 Å². The minimum atomic E-state index is -0.275. The number of oxazole rings is 1. The molecule has 1 aliphatic heterocycles. The topological polar surface area (TPSA) is 100 Å². The molecule has 1 saturated heterocycles. The van der Waals surface area contributed by atoms with Crippen LogP contribution in [0, 0.1) is 6.92 Å². The SMILES string of the molecule is COc1ccccc1-c1nc(CN2CCCC2c2n[nH]c(=O)[nH]2)c(C)o1. The van der Waals surface area contributed by atoms with Gasteiger partial charge in [0.15, 0.2) is 0 Å². The van der Waals surface area contributed by atoms with E-state index in [4.69, 9.17) is 14.1 Å². The average molecular weight is 355 g/mol. The van der Waals surface area contributed by atoms with Gasteiger partial charge in [0.05, 0.1) is 24.4 Å². The van der Waals surface area contributed by atoms with E-state index in [1.807, 2.05) is 31.2 Å². The third-order valence-corrected chi connectivity index (χ3v) is 4.78. The summed E-state index contributed by atoms with van der Waals surface area (Å²) in [5.74, 6) is 2.75. The van der Waals surface area contributed by atoms with Crippen molar-refractivity contribution in [2.75, 3.05) is 13.7 Å². The van der Waals surface area contributed by atoms with E-state index in [1.165, 1.54) is 0 Å². The van der Waals surface area contributed by atoms with E-state index in [9.17, 15) is 4.79 Å². The largest absolute Gasteiger partial charge is 0.496 e. The van der Waals surface area contributed by atoms with E-state index in [2.05, 4.69) is 20.1 Å². The number of rotatable bonds is 5. The van der Waals surface area contributed by atoms with Gasteiger partial charge in [0, 0.05) is 6.54 Å². The molecule has 2 aromatic heterocycles. The van der Waals surface area contributed by atoms with Gasteiger partial charge in [0.25, 0.3) is 0 Å². The van der Waals surface area contributed by atoms with Gasteiger partial charge in [-0.05, 0) is 38.4 Å². The fraction of sp³-hybridized carbons (Fsp3) is 0.389. The van der Waals surface area contributed by atoms with Gasteiger partial charge in [-0.3, -0.25) is 9.88 Å². The molecular weight excluding hydrogens is 334 g/mol. The van der Waals surface area contributed by atoms with E-state index in [1.54, 1.807) is 7.11 Å². The maximum absolute atomic E-state index is 11.4. The predicted molar refractivity (Wildman–Crippen MR) is 94.8 cm³/mol. The third kappa shape index (κ3) is 3.03. The number of aromatic nitrogens is 4. The number of aryl methyl sites for hydroxylation is 1. The lowest BCUT2D eigenvalue weighted by atomic mass is 10.2. The van der Waals surface area contributed by atoms with Crippen LogP contribution in [0.15, 0.2) is 33.5 Å². The number of nitrogens with zero attached hydrogens (tertiary/aromatic N) is 3.